The molecule has 0 saturated carbocycles. The molecule has 2 saturated heterocycles. The van der Waals surface area contributed by atoms with Gasteiger partial charge in [0.25, 0.3) is 0 Å². The highest BCUT2D eigenvalue weighted by Crippen LogP contribution is 2.28. The molecule has 0 aromatic carbocycles. The van der Waals surface area contributed by atoms with Crippen molar-refractivity contribution in [3.8, 4) is 0 Å². The molecule has 0 aromatic heterocycles. The molecule has 0 aliphatic carbocycles. The summed E-state index contributed by atoms with van der Waals surface area (Å²) in [4.78, 5) is 19.2. The van der Waals surface area contributed by atoms with Gasteiger partial charge >= 0.3 is 0 Å². The van der Waals surface area contributed by atoms with E-state index in [9.17, 15) is 4.79 Å². The normalized spacial score (nSPS) is 27.3. The van der Waals surface area contributed by atoms with Gasteiger partial charge in [-0.25, -0.2) is 0 Å². The predicted molar refractivity (Wildman–Crippen MR) is 84.7 cm³/mol. The van der Waals surface area contributed by atoms with E-state index in [0.717, 1.165) is 13.1 Å². The van der Waals surface area contributed by atoms with Crippen LogP contribution >= 0.6 is 12.2 Å². The fourth-order valence-electron chi connectivity index (χ4n) is 3.24. The molecule has 2 aliphatic heterocycles. The van der Waals surface area contributed by atoms with Gasteiger partial charge in [0.1, 0.15) is 0 Å². The van der Waals surface area contributed by atoms with Crippen LogP contribution in [0.3, 0.4) is 0 Å². The molecule has 6 heteroatoms. The zero-order valence-electron chi connectivity index (χ0n) is 12.5. The Kier molecular flexibility index (Phi) is 5.35. The average Bonchev–Trinajstić information content (AvgIpc) is 2.64. The molecule has 5 nitrogen and oxygen atoms in total. The molecule has 114 valence electrons. The van der Waals surface area contributed by atoms with Crippen LogP contribution in [0.15, 0.2) is 0 Å². The number of hydrogen-bond donors (Lipinski definition) is 1. The zero-order chi connectivity index (χ0) is 14.7. The lowest BCUT2D eigenvalue weighted by atomic mass is 10.1. The summed E-state index contributed by atoms with van der Waals surface area (Å²) < 4.78 is 0. The highest BCUT2D eigenvalue weighted by atomic mass is 32.1. The van der Waals surface area contributed by atoms with E-state index in [1.165, 1.54) is 19.3 Å². The number of hydrogen-bond acceptors (Lipinski definition) is 4. The third-order valence-electron chi connectivity index (χ3n) is 4.71. The number of likely N-dealkylation sites (tertiary alicyclic amines) is 1. The van der Waals surface area contributed by atoms with E-state index in [-0.39, 0.29) is 5.91 Å². The largest absolute Gasteiger partial charge is 0.393 e. The third kappa shape index (κ3) is 3.90. The van der Waals surface area contributed by atoms with E-state index in [0.29, 0.717) is 36.6 Å². The monoisotopic (exact) mass is 298 g/mol. The molecule has 2 rings (SSSR count). The van der Waals surface area contributed by atoms with E-state index >= 15 is 0 Å². The summed E-state index contributed by atoms with van der Waals surface area (Å²) >= 11 is 4.85. The van der Waals surface area contributed by atoms with Crippen LogP contribution in [0.5, 0.6) is 0 Å². The maximum absolute atomic E-state index is 12.2. The Morgan fingerprint density at radius 2 is 2.05 bits per heavy atom. The molecule has 0 aromatic rings. The SMILES string of the molecule is CN(CCC(N)=S)C(=O)CN1CCC2CCC(C1)N2C. The molecule has 20 heavy (non-hydrogen) atoms. The van der Waals surface area contributed by atoms with Gasteiger partial charge in [-0.05, 0) is 26.3 Å². The van der Waals surface area contributed by atoms with Crippen molar-refractivity contribution in [3.63, 3.8) is 0 Å². The van der Waals surface area contributed by atoms with Crippen LogP contribution in [0.1, 0.15) is 25.7 Å². The minimum atomic E-state index is 0.168. The number of rotatable bonds is 5. The van der Waals surface area contributed by atoms with Crippen LogP contribution in [-0.4, -0.2) is 78.0 Å². The highest BCUT2D eigenvalue weighted by molar-refractivity contribution is 7.80. The molecular weight excluding hydrogens is 272 g/mol. The predicted octanol–water partition coefficient (Wildman–Crippen LogP) is 0.290. The first-order valence-corrected chi connectivity index (χ1v) is 7.84. The standard InChI is InChI=1S/C14H26N4OS/c1-16(7-6-13(15)20)14(19)10-18-8-5-11-3-4-12(9-18)17(11)2/h11-12H,3-10H2,1-2H3,(H2,15,20). The summed E-state index contributed by atoms with van der Waals surface area (Å²) in [5.41, 5.74) is 5.48. The minimum absolute atomic E-state index is 0.168. The molecule has 1 amide bonds. The summed E-state index contributed by atoms with van der Waals surface area (Å²) in [6.07, 6.45) is 4.36. The van der Waals surface area contributed by atoms with E-state index in [1.807, 2.05) is 7.05 Å². The summed E-state index contributed by atoms with van der Waals surface area (Å²) in [6, 6.07) is 1.34. The maximum Gasteiger partial charge on any atom is 0.236 e. The maximum atomic E-state index is 12.2. The Morgan fingerprint density at radius 1 is 1.35 bits per heavy atom. The van der Waals surface area contributed by atoms with Crippen LogP contribution in [0, 0.1) is 0 Å². The molecule has 2 N–H and O–H groups in total. The van der Waals surface area contributed by atoms with Gasteiger partial charge in [0.05, 0.1) is 11.5 Å². The van der Waals surface area contributed by atoms with Gasteiger partial charge in [-0.2, -0.15) is 0 Å². The lowest BCUT2D eigenvalue weighted by molar-refractivity contribution is -0.131. The van der Waals surface area contributed by atoms with Crippen molar-refractivity contribution in [3.05, 3.63) is 0 Å². The fourth-order valence-corrected chi connectivity index (χ4v) is 3.33. The molecule has 2 aliphatic rings. The summed E-state index contributed by atoms with van der Waals surface area (Å²) in [5.74, 6) is 0.168. The minimum Gasteiger partial charge on any atom is -0.393 e. The second-order valence-electron chi connectivity index (χ2n) is 6.11. The summed E-state index contributed by atoms with van der Waals surface area (Å²) in [5, 5.41) is 0. The van der Waals surface area contributed by atoms with Crippen LogP contribution in [0.25, 0.3) is 0 Å². The molecule has 0 radical (unpaired) electrons. The Hall–Kier alpha value is -0.720. The first kappa shape index (κ1) is 15.7. The van der Waals surface area contributed by atoms with Gasteiger partial charge in [-0.1, -0.05) is 12.2 Å². The topological polar surface area (TPSA) is 52.8 Å². The molecule has 2 atom stereocenters. The van der Waals surface area contributed by atoms with E-state index in [1.54, 1.807) is 4.90 Å². The van der Waals surface area contributed by atoms with Gasteiger partial charge in [0, 0.05) is 45.2 Å². The van der Waals surface area contributed by atoms with Crippen LogP contribution in [0.4, 0.5) is 0 Å². The van der Waals surface area contributed by atoms with Gasteiger partial charge in [0.15, 0.2) is 0 Å². The van der Waals surface area contributed by atoms with Crippen LogP contribution < -0.4 is 5.73 Å². The van der Waals surface area contributed by atoms with Crippen LogP contribution in [-0.2, 0) is 4.79 Å². The second kappa shape index (κ2) is 6.83. The van der Waals surface area contributed by atoms with E-state index < -0.39 is 0 Å². The number of thiocarbonyl (C=S) groups is 1. The smallest absolute Gasteiger partial charge is 0.236 e. The first-order valence-electron chi connectivity index (χ1n) is 7.44. The average molecular weight is 298 g/mol. The van der Waals surface area contributed by atoms with Crippen molar-refractivity contribution in [2.45, 2.75) is 37.8 Å². The second-order valence-corrected chi connectivity index (χ2v) is 6.63. The zero-order valence-corrected chi connectivity index (χ0v) is 13.4. The summed E-state index contributed by atoms with van der Waals surface area (Å²) in [6.45, 7) is 3.18. The molecular formula is C14H26N4OS. The quantitative estimate of drug-likeness (QED) is 0.740. The Balaban J connectivity index is 1.81. The van der Waals surface area contributed by atoms with Crippen molar-refractivity contribution >= 4 is 23.1 Å². The Labute approximate surface area is 127 Å². The molecule has 0 spiro atoms. The Morgan fingerprint density at radius 3 is 2.75 bits per heavy atom. The van der Waals surface area contributed by atoms with Crippen molar-refractivity contribution in [2.75, 3.05) is 40.3 Å². The van der Waals surface area contributed by atoms with Crippen molar-refractivity contribution in [1.82, 2.24) is 14.7 Å². The number of nitrogens with two attached hydrogens (primary N) is 1. The summed E-state index contributed by atoms with van der Waals surface area (Å²) in [7, 11) is 4.05. The molecule has 2 heterocycles. The number of nitrogens with zero attached hydrogens (tertiary/aromatic N) is 3. The van der Waals surface area contributed by atoms with Gasteiger partial charge in [-0.15, -0.1) is 0 Å². The van der Waals surface area contributed by atoms with Gasteiger partial charge in [0.2, 0.25) is 5.91 Å². The number of carbonyl (C=O) groups is 1. The number of fused-ring (bicyclic) bond motifs is 2. The molecule has 2 bridgehead atoms. The molecule has 2 unspecified atom stereocenters. The van der Waals surface area contributed by atoms with Gasteiger partial charge < -0.3 is 10.6 Å². The van der Waals surface area contributed by atoms with Gasteiger partial charge in [-0.3, -0.25) is 14.6 Å². The highest BCUT2D eigenvalue weighted by Gasteiger charge is 2.35. The van der Waals surface area contributed by atoms with Crippen molar-refractivity contribution in [1.29, 1.82) is 0 Å². The number of likely N-dealkylation sites (N-methyl/N-ethyl adjacent to an activating group) is 2. The molecule has 2 fully saturated rings. The van der Waals surface area contributed by atoms with Crippen molar-refractivity contribution in [2.24, 2.45) is 5.73 Å². The van der Waals surface area contributed by atoms with Crippen LogP contribution in [0.2, 0.25) is 0 Å². The van der Waals surface area contributed by atoms with E-state index in [4.69, 9.17) is 18.0 Å². The van der Waals surface area contributed by atoms with Crippen molar-refractivity contribution < 1.29 is 4.79 Å². The lowest BCUT2D eigenvalue weighted by Crippen LogP contribution is -2.43. The lowest BCUT2D eigenvalue weighted by Gasteiger charge is -2.27. The first-order chi connectivity index (χ1) is 9.47. The Bertz CT molecular complexity index is 376. The fraction of sp³-hybridized carbons (Fsp3) is 0.857. The number of amides is 1. The van der Waals surface area contributed by atoms with E-state index in [2.05, 4.69) is 16.8 Å². The third-order valence-corrected chi connectivity index (χ3v) is 4.91. The number of carbonyl (C=O) groups excluding carboxylic acids is 1.